The standard InChI is InChI=1S/C18H25N5O3/c24-12-14-7-13(9-22-3-5-26-6-4-22)10-23(11-14)18(25)15-1-2-16-17(8-15)20-21-19-16/h1-2,8,13-14,24H,3-7,9-12H2,(H,19,20,21)/t13-,14-/m1/s1. The molecule has 2 N–H and O–H groups in total. The average molecular weight is 359 g/mol. The fraction of sp³-hybridized carbons (Fsp3) is 0.611. The van der Waals surface area contributed by atoms with E-state index in [-0.39, 0.29) is 18.4 Å². The lowest BCUT2D eigenvalue weighted by molar-refractivity contribution is 0.0130. The summed E-state index contributed by atoms with van der Waals surface area (Å²) in [7, 11) is 0. The molecule has 8 nitrogen and oxygen atoms in total. The quantitative estimate of drug-likeness (QED) is 0.819. The maximum Gasteiger partial charge on any atom is 0.253 e. The number of aliphatic hydroxyl groups is 1. The summed E-state index contributed by atoms with van der Waals surface area (Å²) in [6.45, 7) is 5.83. The van der Waals surface area contributed by atoms with Gasteiger partial charge < -0.3 is 14.7 Å². The number of nitrogens with zero attached hydrogens (tertiary/aromatic N) is 4. The summed E-state index contributed by atoms with van der Waals surface area (Å²) in [5, 5.41) is 20.4. The molecule has 1 amide bonds. The molecule has 0 spiro atoms. The molecule has 0 unspecified atom stereocenters. The molecule has 2 aromatic rings. The summed E-state index contributed by atoms with van der Waals surface area (Å²) in [4.78, 5) is 17.3. The largest absolute Gasteiger partial charge is 0.396 e. The average Bonchev–Trinajstić information content (AvgIpc) is 3.15. The van der Waals surface area contributed by atoms with Crippen LogP contribution in [0.4, 0.5) is 0 Å². The number of ether oxygens (including phenoxy) is 1. The third-order valence-electron chi connectivity index (χ3n) is 5.35. The number of likely N-dealkylation sites (tertiary alicyclic amines) is 1. The molecule has 2 atom stereocenters. The Morgan fingerprint density at radius 1 is 1.19 bits per heavy atom. The number of hydrogen-bond donors (Lipinski definition) is 2. The number of piperidine rings is 1. The van der Waals surface area contributed by atoms with Crippen LogP contribution in [0.3, 0.4) is 0 Å². The van der Waals surface area contributed by atoms with Crippen LogP contribution in [0.2, 0.25) is 0 Å². The minimum absolute atomic E-state index is 0.0000255. The van der Waals surface area contributed by atoms with Gasteiger partial charge in [-0.3, -0.25) is 9.69 Å². The normalized spacial score (nSPS) is 24.9. The van der Waals surface area contributed by atoms with E-state index in [4.69, 9.17) is 4.74 Å². The van der Waals surface area contributed by atoms with Gasteiger partial charge in [0, 0.05) is 44.9 Å². The number of H-pyrrole nitrogens is 1. The van der Waals surface area contributed by atoms with E-state index >= 15 is 0 Å². The first-order chi connectivity index (χ1) is 12.7. The zero-order valence-corrected chi connectivity index (χ0v) is 14.8. The third kappa shape index (κ3) is 3.72. The van der Waals surface area contributed by atoms with E-state index < -0.39 is 0 Å². The lowest BCUT2D eigenvalue weighted by Gasteiger charge is -2.40. The Bertz CT molecular complexity index is 758. The number of carbonyl (C=O) groups is 1. The zero-order chi connectivity index (χ0) is 17.9. The van der Waals surface area contributed by atoms with Crippen molar-refractivity contribution in [3.63, 3.8) is 0 Å². The summed E-state index contributed by atoms with van der Waals surface area (Å²) in [6.07, 6.45) is 0.958. The lowest BCUT2D eigenvalue weighted by atomic mass is 9.88. The fourth-order valence-corrected chi connectivity index (χ4v) is 4.05. The molecule has 0 saturated carbocycles. The number of morpholine rings is 1. The number of benzene rings is 1. The van der Waals surface area contributed by atoms with E-state index in [2.05, 4.69) is 20.3 Å². The van der Waals surface area contributed by atoms with Crippen LogP contribution in [0.1, 0.15) is 16.8 Å². The van der Waals surface area contributed by atoms with Gasteiger partial charge in [-0.15, -0.1) is 0 Å². The molecule has 2 saturated heterocycles. The van der Waals surface area contributed by atoms with Crippen LogP contribution < -0.4 is 0 Å². The van der Waals surface area contributed by atoms with Crippen LogP contribution in [0.15, 0.2) is 18.2 Å². The first kappa shape index (κ1) is 17.4. The van der Waals surface area contributed by atoms with Gasteiger partial charge in [-0.25, -0.2) is 0 Å². The molecule has 2 aliphatic rings. The van der Waals surface area contributed by atoms with Crippen molar-refractivity contribution >= 4 is 16.9 Å². The summed E-state index contributed by atoms with van der Waals surface area (Å²) in [5.41, 5.74) is 2.06. The van der Waals surface area contributed by atoms with Gasteiger partial charge in [0.05, 0.1) is 13.2 Å². The maximum atomic E-state index is 13.0. The van der Waals surface area contributed by atoms with E-state index in [9.17, 15) is 9.90 Å². The number of nitrogens with one attached hydrogen (secondary N) is 1. The number of aliphatic hydroxyl groups excluding tert-OH is 1. The SMILES string of the molecule is O=C(c1ccc2n[nH]nc2c1)N1C[C@H](CO)C[C@H](CN2CCOCC2)C1. The van der Waals surface area contributed by atoms with Crippen molar-refractivity contribution in [2.24, 2.45) is 11.8 Å². The predicted octanol–water partition coefficient (Wildman–Crippen LogP) is 0.361. The maximum absolute atomic E-state index is 13.0. The Balaban J connectivity index is 1.47. The van der Waals surface area contributed by atoms with Crippen LogP contribution in [0.5, 0.6) is 0 Å². The van der Waals surface area contributed by atoms with Crippen molar-refractivity contribution in [2.75, 3.05) is 52.5 Å². The number of aromatic amines is 1. The molecule has 26 heavy (non-hydrogen) atoms. The Morgan fingerprint density at radius 3 is 2.77 bits per heavy atom. The van der Waals surface area contributed by atoms with Crippen molar-refractivity contribution in [1.82, 2.24) is 25.2 Å². The van der Waals surface area contributed by atoms with Gasteiger partial charge in [0.15, 0.2) is 0 Å². The lowest BCUT2D eigenvalue weighted by Crippen LogP contribution is -2.49. The van der Waals surface area contributed by atoms with Crippen LogP contribution in [0.25, 0.3) is 11.0 Å². The summed E-state index contributed by atoms with van der Waals surface area (Å²) >= 11 is 0. The van der Waals surface area contributed by atoms with Crippen molar-refractivity contribution in [1.29, 1.82) is 0 Å². The molecule has 8 heteroatoms. The monoisotopic (exact) mass is 359 g/mol. The van der Waals surface area contributed by atoms with Crippen LogP contribution >= 0.6 is 0 Å². The third-order valence-corrected chi connectivity index (χ3v) is 5.35. The van der Waals surface area contributed by atoms with Crippen LogP contribution in [0, 0.1) is 11.8 Å². The van der Waals surface area contributed by atoms with Gasteiger partial charge >= 0.3 is 0 Å². The van der Waals surface area contributed by atoms with Crippen LogP contribution in [-0.2, 0) is 4.74 Å². The van der Waals surface area contributed by atoms with Crippen LogP contribution in [-0.4, -0.2) is 88.8 Å². The van der Waals surface area contributed by atoms with E-state index in [0.29, 0.717) is 23.5 Å². The minimum atomic E-state index is 0.0000255. The Hall–Kier alpha value is -2.03. The fourth-order valence-electron chi connectivity index (χ4n) is 4.05. The highest BCUT2D eigenvalue weighted by molar-refractivity contribution is 5.97. The Morgan fingerprint density at radius 2 is 1.96 bits per heavy atom. The van der Waals surface area contributed by atoms with Gasteiger partial charge in [-0.2, -0.15) is 15.4 Å². The van der Waals surface area contributed by atoms with E-state index in [1.807, 2.05) is 11.0 Å². The topological polar surface area (TPSA) is 94.6 Å². The van der Waals surface area contributed by atoms with Gasteiger partial charge in [0.25, 0.3) is 5.91 Å². The highest BCUT2D eigenvalue weighted by atomic mass is 16.5. The number of fused-ring (bicyclic) bond motifs is 1. The second-order valence-electron chi connectivity index (χ2n) is 7.30. The second-order valence-corrected chi connectivity index (χ2v) is 7.30. The predicted molar refractivity (Wildman–Crippen MR) is 95.7 cm³/mol. The number of rotatable bonds is 4. The van der Waals surface area contributed by atoms with Crippen molar-refractivity contribution < 1.29 is 14.6 Å². The van der Waals surface area contributed by atoms with Crippen molar-refractivity contribution in [3.8, 4) is 0 Å². The molecule has 140 valence electrons. The number of aromatic nitrogens is 3. The van der Waals surface area contributed by atoms with Crippen molar-refractivity contribution in [3.05, 3.63) is 23.8 Å². The molecule has 1 aromatic heterocycles. The molecule has 4 rings (SSSR count). The Labute approximate surface area is 152 Å². The summed E-state index contributed by atoms with van der Waals surface area (Å²) in [6, 6.07) is 5.39. The molecule has 0 bridgehead atoms. The van der Waals surface area contributed by atoms with E-state index in [1.54, 1.807) is 12.1 Å². The molecule has 1 aromatic carbocycles. The van der Waals surface area contributed by atoms with Crippen molar-refractivity contribution in [2.45, 2.75) is 6.42 Å². The minimum Gasteiger partial charge on any atom is -0.396 e. The molecule has 0 radical (unpaired) electrons. The summed E-state index contributed by atoms with van der Waals surface area (Å²) in [5.74, 6) is 0.508. The highest BCUT2D eigenvalue weighted by Crippen LogP contribution is 2.25. The van der Waals surface area contributed by atoms with E-state index in [1.165, 1.54) is 0 Å². The molecule has 0 aliphatic carbocycles. The zero-order valence-electron chi connectivity index (χ0n) is 14.8. The van der Waals surface area contributed by atoms with E-state index in [0.717, 1.165) is 51.3 Å². The highest BCUT2D eigenvalue weighted by Gasteiger charge is 2.31. The molecular formula is C18H25N5O3. The van der Waals surface area contributed by atoms with Gasteiger partial charge in [-0.05, 0) is 36.5 Å². The Kier molecular flexibility index (Phi) is 5.14. The van der Waals surface area contributed by atoms with Gasteiger partial charge in [0.1, 0.15) is 11.0 Å². The second kappa shape index (κ2) is 7.69. The number of hydrogen-bond acceptors (Lipinski definition) is 6. The summed E-state index contributed by atoms with van der Waals surface area (Å²) < 4.78 is 5.42. The number of amides is 1. The first-order valence-corrected chi connectivity index (χ1v) is 9.23. The molecular weight excluding hydrogens is 334 g/mol. The number of carbonyl (C=O) groups excluding carboxylic acids is 1. The first-order valence-electron chi connectivity index (χ1n) is 9.23. The molecule has 3 heterocycles. The molecule has 2 fully saturated rings. The van der Waals surface area contributed by atoms with Gasteiger partial charge in [-0.1, -0.05) is 0 Å². The molecule has 2 aliphatic heterocycles. The van der Waals surface area contributed by atoms with Gasteiger partial charge in [0.2, 0.25) is 0 Å². The smallest absolute Gasteiger partial charge is 0.253 e.